The summed E-state index contributed by atoms with van der Waals surface area (Å²) in [6.45, 7) is 2.73. The molecule has 36 heavy (non-hydrogen) atoms. The van der Waals surface area contributed by atoms with Gasteiger partial charge in [-0.3, -0.25) is 14.4 Å². The molecule has 2 aliphatic rings. The fourth-order valence-electron chi connectivity index (χ4n) is 4.70. The molecular formula is C28H27BrN2O5. The van der Waals surface area contributed by atoms with Crippen LogP contribution in [0.15, 0.2) is 77.3 Å². The van der Waals surface area contributed by atoms with E-state index in [0.29, 0.717) is 23.8 Å². The van der Waals surface area contributed by atoms with Gasteiger partial charge in [-0.25, -0.2) is 9.96 Å². The van der Waals surface area contributed by atoms with Crippen molar-refractivity contribution in [3.05, 3.63) is 82.8 Å². The molecule has 2 saturated heterocycles. The van der Waals surface area contributed by atoms with E-state index < -0.39 is 18.1 Å². The number of imide groups is 1. The molecule has 0 unspecified atom stereocenters. The first-order chi connectivity index (χ1) is 17.5. The van der Waals surface area contributed by atoms with Crippen molar-refractivity contribution in [1.29, 1.82) is 0 Å². The number of fused-ring (bicyclic) bond motifs is 1. The minimum atomic E-state index is -0.927. The Morgan fingerprint density at radius 3 is 2.36 bits per heavy atom. The Morgan fingerprint density at radius 2 is 1.69 bits per heavy atom. The zero-order valence-corrected chi connectivity index (χ0v) is 21.7. The van der Waals surface area contributed by atoms with Gasteiger partial charge in [0, 0.05) is 0 Å². The van der Waals surface area contributed by atoms with Crippen LogP contribution in [0.5, 0.6) is 11.5 Å². The topological polar surface area (TPSA) is 68.3 Å². The highest BCUT2D eigenvalue weighted by atomic mass is 79.9. The van der Waals surface area contributed by atoms with Crippen molar-refractivity contribution in [2.75, 3.05) is 23.7 Å². The normalized spacial score (nSPS) is 21.1. The average molecular weight is 551 g/mol. The van der Waals surface area contributed by atoms with Gasteiger partial charge >= 0.3 is 0 Å². The number of unbranched alkanes of at least 4 members (excludes halogenated alkanes) is 1. The zero-order valence-electron chi connectivity index (χ0n) is 20.1. The molecule has 5 rings (SSSR count). The highest BCUT2D eigenvalue weighted by molar-refractivity contribution is 9.10. The van der Waals surface area contributed by atoms with Crippen LogP contribution in [0.4, 0.5) is 11.4 Å². The molecule has 0 spiro atoms. The number of hydrogen-bond acceptors (Lipinski definition) is 6. The van der Waals surface area contributed by atoms with Crippen molar-refractivity contribution < 1.29 is 23.9 Å². The Morgan fingerprint density at radius 1 is 0.944 bits per heavy atom. The second-order valence-corrected chi connectivity index (χ2v) is 9.61. The lowest BCUT2D eigenvalue weighted by atomic mass is 9.90. The molecule has 2 fully saturated rings. The quantitative estimate of drug-likeness (QED) is 0.265. The molecule has 3 atom stereocenters. The van der Waals surface area contributed by atoms with Crippen LogP contribution in [0.2, 0.25) is 0 Å². The van der Waals surface area contributed by atoms with Gasteiger partial charge in [0.1, 0.15) is 17.4 Å². The lowest BCUT2D eigenvalue weighted by molar-refractivity contribution is -0.126. The van der Waals surface area contributed by atoms with E-state index >= 15 is 0 Å². The number of methoxy groups -OCH3 is 1. The first-order valence-corrected chi connectivity index (χ1v) is 12.8. The first-order valence-electron chi connectivity index (χ1n) is 12.0. The second-order valence-electron chi connectivity index (χ2n) is 8.76. The largest absolute Gasteiger partial charge is 0.496 e. The van der Waals surface area contributed by atoms with E-state index in [0.717, 1.165) is 28.6 Å². The first kappa shape index (κ1) is 24.3. The predicted molar refractivity (Wildman–Crippen MR) is 140 cm³/mol. The SMILES string of the molecule is CCCCOc1ccc(N2C(=O)[C@@H]3[C@H](ON(c4ccccc4)[C@@H]3c3ccc(OC)c(Br)c3)C2=O)cc1. The van der Waals surface area contributed by atoms with Crippen molar-refractivity contribution >= 4 is 39.1 Å². The molecule has 2 amide bonds. The number of para-hydroxylation sites is 1. The van der Waals surface area contributed by atoms with E-state index in [1.165, 1.54) is 4.90 Å². The third kappa shape index (κ3) is 4.35. The summed E-state index contributed by atoms with van der Waals surface area (Å²) in [4.78, 5) is 34.7. The van der Waals surface area contributed by atoms with E-state index in [-0.39, 0.29) is 11.8 Å². The van der Waals surface area contributed by atoms with Gasteiger partial charge < -0.3 is 9.47 Å². The monoisotopic (exact) mass is 550 g/mol. The second kappa shape index (κ2) is 10.3. The van der Waals surface area contributed by atoms with Gasteiger partial charge in [-0.05, 0) is 76.4 Å². The molecule has 0 aromatic heterocycles. The lowest BCUT2D eigenvalue weighted by Crippen LogP contribution is -2.37. The molecular weight excluding hydrogens is 524 g/mol. The third-order valence-electron chi connectivity index (χ3n) is 6.51. The Balaban J connectivity index is 1.48. The molecule has 186 valence electrons. The summed E-state index contributed by atoms with van der Waals surface area (Å²) in [6, 6.07) is 21.7. The molecule has 0 aliphatic carbocycles. The summed E-state index contributed by atoms with van der Waals surface area (Å²) in [6.07, 6.45) is 1.08. The smallest absolute Gasteiger partial charge is 0.266 e. The summed E-state index contributed by atoms with van der Waals surface area (Å²) in [5.41, 5.74) is 2.11. The molecule has 0 bridgehead atoms. The number of benzene rings is 3. The molecule has 2 heterocycles. The third-order valence-corrected chi connectivity index (χ3v) is 7.12. The molecule has 2 aliphatic heterocycles. The van der Waals surface area contributed by atoms with Crippen LogP contribution in [0.3, 0.4) is 0 Å². The van der Waals surface area contributed by atoms with Gasteiger partial charge in [0.15, 0.2) is 6.10 Å². The van der Waals surface area contributed by atoms with Crippen LogP contribution < -0.4 is 19.4 Å². The van der Waals surface area contributed by atoms with E-state index in [1.54, 1.807) is 36.4 Å². The summed E-state index contributed by atoms with van der Waals surface area (Å²) < 4.78 is 11.9. The Kier molecular flexibility index (Phi) is 6.98. The number of amides is 2. The number of halogens is 1. The maximum absolute atomic E-state index is 13.8. The van der Waals surface area contributed by atoms with Crippen molar-refractivity contribution in [2.45, 2.75) is 31.9 Å². The average Bonchev–Trinajstić information content (AvgIpc) is 3.41. The number of hydrogen-bond donors (Lipinski definition) is 0. The van der Waals surface area contributed by atoms with Gasteiger partial charge in [0.05, 0.1) is 35.6 Å². The molecule has 0 radical (unpaired) electrons. The number of carbonyl (C=O) groups is 2. The zero-order chi connectivity index (χ0) is 25.2. The van der Waals surface area contributed by atoms with Crippen molar-refractivity contribution in [2.24, 2.45) is 5.92 Å². The number of nitrogens with zero attached hydrogens (tertiary/aromatic N) is 2. The fourth-order valence-corrected chi connectivity index (χ4v) is 5.26. The molecule has 8 heteroatoms. The van der Waals surface area contributed by atoms with Crippen LogP contribution in [0, 0.1) is 5.92 Å². The Bertz CT molecular complexity index is 1250. The van der Waals surface area contributed by atoms with Gasteiger partial charge in [-0.1, -0.05) is 37.6 Å². The molecule has 3 aromatic carbocycles. The van der Waals surface area contributed by atoms with Crippen LogP contribution >= 0.6 is 15.9 Å². The van der Waals surface area contributed by atoms with E-state index in [9.17, 15) is 9.59 Å². The number of carbonyl (C=O) groups excluding carboxylic acids is 2. The summed E-state index contributed by atoms with van der Waals surface area (Å²) >= 11 is 3.55. The highest BCUT2D eigenvalue weighted by Gasteiger charge is 2.60. The predicted octanol–water partition coefficient (Wildman–Crippen LogP) is 5.69. The minimum Gasteiger partial charge on any atom is -0.496 e. The number of ether oxygens (including phenoxy) is 2. The van der Waals surface area contributed by atoms with Crippen LogP contribution in [-0.2, 0) is 14.4 Å². The molecule has 0 saturated carbocycles. The maximum Gasteiger partial charge on any atom is 0.266 e. The summed E-state index contributed by atoms with van der Waals surface area (Å²) in [7, 11) is 1.60. The fraction of sp³-hybridized carbons (Fsp3) is 0.286. The van der Waals surface area contributed by atoms with E-state index in [4.69, 9.17) is 14.3 Å². The van der Waals surface area contributed by atoms with Crippen molar-refractivity contribution in [1.82, 2.24) is 0 Å². The molecule has 0 N–H and O–H groups in total. The van der Waals surface area contributed by atoms with Gasteiger partial charge in [0.2, 0.25) is 5.91 Å². The van der Waals surface area contributed by atoms with Crippen LogP contribution in [0.25, 0.3) is 0 Å². The minimum absolute atomic E-state index is 0.292. The standard InChI is InChI=1S/C28H27BrN2O5/c1-3-4-16-35-21-13-11-19(12-14-21)30-27(32)24-25(18-10-15-23(34-2)22(29)17-18)31(36-26(24)28(30)33)20-8-6-5-7-9-20/h5-15,17,24-26H,3-4,16H2,1-2H3/t24-,25+,26-/m0/s1. The van der Waals surface area contributed by atoms with Gasteiger partial charge in [-0.15, -0.1) is 0 Å². The number of hydroxylamine groups is 1. The van der Waals surface area contributed by atoms with Crippen LogP contribution in [0.1, 0.15) is 31.4 Å². The number of anilines is 2. The van der Waals surface area contributed by atoms with E-state index in [1.807, 2.05) is 48.5 Å². The van der Waals surface area contributed by atoms with Crippen molar-refractivity contribution in [3.63, 3.8) is 0 Å². The summed E-state index contributed by atoms with van der Waals surface area (Å²) in [5, 5.41) is 1.68. The Labute approximate surface area is 218 Å². The van der Waals surface area contributed by atoms with Gasteiger partial charge in [0.25, 0.3) is 5.91 Å². The lowest BCUT2D eigenvalue weighted by Gasteiger charge is -2.29. The molecule has 3 aromatic rings. The molecule has 7 nitrogen and oxygen atoms in total. The van der Waals surface area contributed by atoms with Gasteiger partial charge in [-0.2, -0.15) is 0 Å². The van der Waals surface area contributed by atoms with Crippen molar-refractivity contribution in [3.8, 4) is 11.5 Å². The van der Waals surface area contributed by atoms with E-state index in [2.05, 4.69) is 22.9 Å². The number of rotatable bonds is 8. The highest BCUT2D eigenvalue weighted by Crippen LogP contribution is 2.48. The van der Waals surface area contributed by atoms with Crippen LogP contribution in [-0.4, -0.2) is 31.6 Å². The summed E-state index contributed by atoms with van der Waals surface area (Å²) in [5.74, 6) is 0.00953. The maximum atomic E-state index is 13.8. The Hall–Kier alpha value is -3.36.